The van der Waals surface area contributed by atoms with Gasteiger partial charge in [0.25, 0.3) is 5.56 Å². The molecular formula is C23H17NO6. The van der Waals surface area contributed by atoms with E-state index in [1.165, 1.54) is 4.57 Å². The maximum absolute atomic E-state index is 13.2. The Bertz CT molecular complexity index is 1460. The highest BCUT2D eigenvalue weighted by atomic mass is 16.5. The second-order valence-corrected chi connectivity index (χ2v) is 7.25. The molecule has 7 heteroatoms. The molecule has 3 heterocycles. The van der Waals surface area contributed by atoms with E-state index in [1.807, 2.05) is 6.07 Å². The third kappa shape index (κ3) is 2.62. The minimum Gasteiger partial charge on any atom is -0.497 e. The summed E-state index contributed by atoms with van der Waals surface area (Å²) in [5, 5.41) is 1.31. The van der Waals surface area contributed by atoms with Gasteiger partial charge < -0.3 is 18.5 Å². The number of hydrogen-bond donors (Lipinski definition) is 0. The number of rotatable bonds is 2. The summed E-state index contributed by atoms with van der Waals surface area (Å²) in [6.07, 6.45) is -0.118. The largest absolute Gasteiger partial charge is 0.497 e. The molecule has 0 radical (unpaired) electrons. The van der Waals surface area contributed by atoms with Gasteiger partial charge in [-0.25, -0.2) is 4.79 Å². The molecule has 0 amide bonds. The third-order valence-electron chi connectivity index (χ3n) is 5.57. The van der Waals surface area contributed by atoms with Gasteiger partial charge in [-0.2, -0.15) is 0 Å². The van der Waals surface area contributed by atoms with Crippen molar-refractivity contribution in [1.82, 2.24) is 4.57 Å². The van der Waals surface area contributed by atoms with Crippen LogP contribution in [-0.4, -0.2) is 17.6 Å². The first-order valence-corrected chi connectivity index (χ1v) is 9.42. The number of carbonyl (C=O) groups is 1. The van der Waals surface area contributed by atoms with Gasteiger partial charge in [0.15, 0.2) is 5.75 Å². The van der Waals surface area contributed by atoms with Crippen molar-refractivity contribution < 1.29 is 18.7 Å². The maximum Gasteiger partial charge on any atom is 0.343 e. The smallest absolute Gasteiger partial charge is 0.343 e. The molecule has 4 aromatic rings. The van der Waals surface area contributed by atoms with E-state index in [4.69, 9.17) is 13.9 Å². The molecular weight excluding hydrogens is 386 g/mol. The molecule has 5 rings (SSSR count). The molecule has 1 aliphatic heterocycles. The molecule has 1 atom stereocenters. The number of aromatic nitrogens is 1. The van der Waals surface area contributed by atoms with Gasteiger partial charge in [0.1, 0.15) is 11.3 Å². The lowest BCUT2D eigenvalue weighted by molar-refractivity contribution is -0.135. The van der Waals surface area contributed by atoms with E-state index in [1.54, 1.807) is 56.6 Å². The van der Waals surface area contributed by atoms with Crippen LogP contribution >= 0.6 is 0 Å². The fourth-order valence-electron chi connectivity index (χ4n) is 4.08. The normalized spacial score (nSPS) is 15.8. The molecule has 7 nitrogen and oxygen atoms in total. The van der Waals surface area contributed by atoms with Gasteiger partial charge in [0.2, 0.25) is 0 Å². The van der Waals surface area contributed by atoms with Crippen molar-refractivity contribution in [1.29, 1.82) is 0 Å². The number of methoxy groups -OCH3 is 1. The lowest BCUT2D eigenvalue weighted by Gasteiger charge is -2.24. The first-order chi connectivity index (χ1) is 14.5. The minimum atomic E-state index is -0.757. The Kier molecular flexibility index (Phi) is 3.99. The molecule has 0 aliphatic carbocycles. The summed E-state index contributed by atoms with van der Waals surface area (Å²) in [6, 6.07) is 14.0. The average molecular weight is 403 g/mol. The van der Waals surface area contributed by atoms with E-state index in [9.17, 15) is 14.4 Å². The number of pyridine rings is 1. The van der Waals surface area contributed by atoms with Crippen LogP contribution in [0.3, 0.4) is 0 Å². The Balaban J connectivity index is 1.81. The Morgan fingerprint density at radius 2 is 1.87 bits per heavy atom. The second-order valence-electron chi connectivity index (χ2n) is 7.25. The fraction of sp³-hybridized carbons (Fsp3) is 0.174. The van der Waals surface area contributed by atoms with Crippen LogP contribution in [0.2, 0.25) is 0 Å². The highest BCUT2D eigenvalue weighted by molar-refractivity contribution is 5.90. The molecule has 0 saturated heterocycles. The number of fused-ring (bicyclic) bond motifs is 4. The van der Waals surface area contributed by atoms with Gasteiger partial charge >= 0.3 is 11.6 Å². The summed E-state index contributed by atoms with van der Waals surface area (Å²) >= 11 is 0. The zero-order valence-corrected chi connectivity index (χ0v) is 16.3. The Morgan fingerprint density at radius 3 is 2.67 bits per heavy atom. The van der Waals surface area contributed by atoms with E-state index in [2.05, 4.69) is 0 Å². The molecule has 1 aliphatic rings. The summed E-state index contributed by atoms with van der Waals surface area (Å²) in [6.45, 7) is 0. The molecule has 0 unspecified atom stereocenters. The van der Waals surface area contributed by atoms with Gasteiger partial charge in [-0.15, -0.1) is 0 Å². The fourth-order valence-corrected chi connectivity index (χ4v) is 4.08. The Labute approximate surface area is 170 Å². The van der Waals surface area contributed by atoms with Crippen molar-refractivity contribution in [3.8, 4) is 11.5 Å². The molecule has 2 aromatic heterocycles. The first kappa shape index (κ1) is 18.2. The topological polar surface area (TPSA) is 87.7 Å². The number of nitrogens with zero attached hydrogens (tertiary/aromatic N) is 1. The summed E-state index contributed by atoms with van der Waals surface area (Å²) in [7, 11) is 3.21. The number of esters is 1. The molecule has 30 heavy (non-hydrogen) atoms. The van der Waals surface area contributed by atoms with Crippen molar-refractivity contribution in [3.05, 3.63) is 80.4 Å². The van der Waals surface area contributed by atoms with Crippen LogP contribution in [0.5, 0.6) is 11.5 Å². The summed E-state index contributed by atoms with van der Waals surface area (Å²) < 4.78 is 17.7. The average Bonchev–Trinajstić information content (AvgIpc) is 2.75. The SMILES string of the molecule is COc1ccc2cc([C@H]3CC(=O)Oc4c3c(=O)oc3ccccc43)c(=O)n(C)c2c1. The van der Waals surface area contributed by atoms with Gasteiger partial charge in [0, 0.05) is 24.6 Å². The monoisotopic (exact) mass is 403 g/mol. The van der Waals surface area contributed by atoms with E-state index < -0.39 is 17.5 Å². The predicted molar refractivity (Wildman–Crippen MR) is 110 cm³/mol. The van der Waals surface area contributed by atoms with Crippen molar-refractivity contribution in [2.75, 3.05) is 7.11 Å². The summed E-state index contributed by atoms with van der Waals surface area (Å²) in [5.74, 6) is -0.462. The van der Waals surface area contributed by atoms with Crippen LogP contribution in [-0.2, 0) is 11.8 Å². The van der Waals surface area contributed by atoms with E-state index in [0.29, 0.717) is 27.8 Å². The highest BCUT2D eigenvalue weighted by Gasteiger charge is 2.35. The summed E-state index contributed by atoms with van der Waals surface area (Å²) in [5.41, 5.74) is 0.640. The lowest BCUT2D eigenvalue weighted by Crippen LogP contribution is -2.31. The number of carbonyl (C=O) groups excluding carboxylic acids is 1. The quantitative estimate of drug-likeness (QED) is 0.378. The van der Waals surface area contributed by atoms with Crippen LogP contribution in [0.15, 0.2) is 62.5 Å². The van der Waals surface area contributed by atoms with Crippen LogP contribution < -0.4 is 20.7 Å². The summed E-state index contributed by atoms with van der Waals surface area (Å²) in [4.78, 5) is 38.5. The van der Waals surface area contributed by atoms with Crippen LogP contribution in [0.1, 0.15) is 23.5 Å². The molecule has 0 bridgehead atoms. The maximum atomic E-state index is 13.2. The Hall–Kier alpha value is -3.87. The predicted octanol–water partition coefficient (Wildman–Crippen LogP) is 3.09. The zero-order chi connectivity index (χ0) is 21.0. The van der Waals surface area contributed by atoms with E-state index >= 15 is 0 Å². The molecule has 150 valence electrons. The number of aryl methyl sites for hydroxylation is 1. The Morgan fingerprint density at radius 1 is 1.07 bits per heavy atom. The van der Waals surface area contributed by atoms with Crippen molar-refractivity contribution in [3.63, 3.8) is 0 Å². The van der Waals surface area contributed by atoms with Crippen LogP contribution in [0.4, 0.5) is 0 Å². The van der Waals surface area contributed by atoms with Crippen molar-refractivity contribution in [2.24, 2.45) is 7.05 Å². The molecule has 0 saturated carbocycles. The minimum absolute atomic E-state index is 0.118. The van der Waals surface area contributed by atoms with Crippen LogP contribution in [0, 0.1) is 0 Å². The number of hydrogen-bond acceptors (Lipinski definition) is 6. The van der Waals surface area contributed by atoms with Gasteiger partial charge in [-0.05, 0) is 35.7 Å². The highest BCUT2D eigenvalue weighted by Crippen LogP contribution is 2.40. The zero-order valence-electron chi connectivity index (χ0n) is 16.3. The van der Waals surface area contributed by atoms with E-state index in [-0.39, 0.29) is 23.3 Å². The van der Waals surface area contributed by atoms with Gasteiger partial charge in [-0.3, -0.25) is 9.59 Å². The second kappa shape index (κ2) is 6.59. The molecule has 0 N–H and O–H groups in total. The van der Waals surface area contributed by atoms with E-state index in [0.717, 1.165) is 5.39 Å². The first-order valence-electron chi connectivity index (χ1n) is 9.42. The van der Waals surface area contributed by atoms with Crippen molar-refractivity contribution >= 4 is 27.8 Å². The van der Waals surface area contributed by atoms with Gasteiger partial charge in [0.05, 0.1) is 30.0 Å². The standard InChI is InChI=1S/C23H17NO6/c1-24-17-10-13(28-2)8-7-12(17)9-16(22(24)26)15-11-19(25)30-21-14-5-3-4-6-18(14)29-23(27)20(15)21/h3-10,15H,11H2,1-2H3/t15-/m1/s1. The number of benzene rings is 2. The molecule has 2 aromatic carbocycles. The molecule has 0 spiro atoms. The van der Waals surface area contributed by atoms with Gasteiger partial charge in [-0.1, -0.05) is 12.1 Å². The van der Waals surface area contributed by atoms with Crippen LogP contribution in [0.25, 0.3) is 21.9 Å². The lowest BCUT2D eigenvalue weighted by atomic mass is 9.86. The number of ether oxygens (including phenoxy) is 2. The third-order valence-corrected chi connectivity index (χ3v) is 5.57. The van der Waals surface area contributed by atoms with Crippen molar-refractivity contribution in [2.45, 2.75) is 12.3 Å². The number of para-hydroxylation sites is 1. The molecule has 0 fully saturated rings.